The minimum Gasteiger partial charge on any atom is -0.329 e. The van der Waals surface area contributed by atoms with E-state index in [1.54, 1.807) is 0 Å². The summed E-state index contributed by atoms with van der Waals surface area (Å²) in [6.07, 6.45) is 2.15. The van der Waals surface area contributed by atoms with Crippen LogP contribution in [-0.2, 0) is 4.79 Å². The van der Waals surface area contributed by atoms with Gasteiger partial charge in [0.15, 0.2) is 0 Å². The lowest BCUT2D eigenvalue weighted by molar-refractivity contribution is -0.125. The number of likely N-dealkylation sites (tertiary alicyclic amines) is 1. The zero-order valence-corrected chi connectivity index (χ0v) is 9.03. The van der Waals surface area contributed by atoms with Crippen LogP contribution in [0.25, 0.3) is 0 Å². The predicted molar refractivity (Wildman–Crippen MR) is 55.3 cm³/mol. The number of hydrogen-bond donors (Lipinski definition) is 1. The Labute approximate surface area is 89.4 Å². The smallest absolute Gasteiger partial charge is 0.324 e. The monoisotopic (exact) mass is 211 g/mol. The third kappa shape index (κ3) is 2.28. The number of hydrogen-bond acceptors (Lipinski definition) is 3. The minimum atomic E-state index is -0.223. The Kier molecular flexibility index (Phi) is 2.90. The molecule has 0 bridgehead atoms. The first kappa shape index (κ1) is 10.4. The van der Waals surface area contributed by atoms with E-state index in [2.05, 4.69) is 17.3 Å². The molecule has 5 nitrogen and oxygen atoms in total. The van der Waals surface area contributed by atoms with Gasteiger partial charge in [-0.15, -0.1) is 0 Å². The molecule has 0 unspecified atom stereocenters. The van der Waals surface area contributed by atoms with Gasteiger partial charge in [0.2, 0.25) is 5.91 Å². The molecule has 0 aliphatic carbocycles. The second-order valence-electron chi connectivity index (χ2n) is 4.41. The van der Waals surface area contributed by atoms with Crippen LogP contribution in [-0.4, -0.2) is 55.0 Å². The summed E-state index contributed by atoms with van der Waals surface area (Å²) in [6.45, 7) is 2.90. The Bertz CT molecular complexity index is 256. The second-order valence-corrected chi connectivity index (χ2v) is 4.41. The molecule has 0 spiro atoms. The Balaban J connectivity index is 1.86. The maximum atomic E-state index is 11.4. The number of piperidine rings is 1. The summed E-state index contributed by atoms with van der Waals surface area (Å²) in [6, 6.07) is -0.223. The molecule has 3 amide bonds. The molecule has 1 N–H and O–H groups in total. The van der Waals surface area contributed by atoms with Crippen molar-refractivity contribution in [2.75, 3.05) is 33.2 Å². The molecule has 0 saturated carbocycles. The van der Waals surface area contributed by atoms with Crippen LogP contribution in [0, 0.1) is 5.92 Å². The summed E-state index contributed by atoms with van der Waals surface area (Å²) >= 11 is 0. The standard InChI is InChI=1S/C10H17N3O2/c1-12-4-2-8(3-5-12)7-13-9(14)6-11-10(13)15/h8H,2-7H2,1H3,(H,11,15). The highest BCUT2D eigenvalue weighted by molar-refractivity contribution is 6.01. The fourth-order valence-electron chi connectivity index (χ4n) is 2.14. The molecule has 0 aromatic heterocycles. The maximum absolute atomic E-state index is 11.4. The van der Waals surface area contributed by atoms with Gasteiger partial charge >= 0.3 is 6.03 Å². The van der Waals surface area contributed by atoms with Crippen molar-refractivity contribution < 1.29 is 9.59 Å². The van der Waals surface area contributed by atoms with Crippen molar-refractivity contribution in [1.29, 1.82) is 0 Å². The molecule has 2 aliphatic heterocycles. The molecule has 5 heteroatoms. The van der Waals surface area contributed by atoms with Crippen LogP contribution in [0.2, 0.25) is 0 Å². The quantitative estimate of drug-likeness (QED) is 0.648. The largest absolute Gasteiger partial charge is 0.329 e. The number of rotatable bonds is 2. The fourth-order valence-corrected chi connectivity index (χ4v) is 2.14. The van der Waals surface area contributed by atoms with Crippen molar-refractivity contribution in [3.63, 3.8) is 0 Å². The molecular weight excluding hydrogens is 194 g/mol. The number of imide groups is 1. The topological polar surface area (TPSA) is 52.6 Å². The van der Waals surface area contributed by atoms with E-state index >= 15 is 0 Å². The van der Waals surface area contributed by atoms with Crippen molar-refractivity contribution in [3.8, 4) is 0 Å². The van der Waals surface area contributed by atoms with E-state index in [4.69, 9.17) is 0 Å². The van der Waals surface area contributed by atoms with E-state index in [0.29, 0.717) is 12.5 Å². The van der Waals surface area contributed by atoms with E-state index in [-0.39, 0.29) is 18.5 Å². The molecule has 0 aromatic rings. The highest BCUT2D eigenvalue weighted by Crippen LogP contribution is 2.18. The lowest BCUT2D eigenvalue weighted by Gasteiger charge is -2.30. The van der Waals surface area contributed by atoms with Crippen LogP contribution in [0.3, 0.4) is 0 Å². The predicted octanol–water partition coefficient (Wildman–Crippen LogP) is -0.120. The van der Waals surface area contributed by atoms with E-state index in [1.807, 2.05) is 0 Å². The number of nitrogens with one attached hydrogen (secondary N) is 1. The zero-order valence-electron chi connectivity index (χ0n) is 9.03. The van der Waals surface area contributed by atoms with E-state index in [1.165, 1.54) is 4.90 Å². The summed E-state index contributed by atoms with van der Waals surface area (Å²) in [7, 11) is 2.10. The summed E-state index contributed by atoms with van der Waals surface area (Å²) in [5.41, 5.74) is 0. The molecule has 2 saturated heterocycles. The first-order valence-corrected chi connectivity index (χ1v) is 5.43. The maximum Gasteiger partial charge on any atom is 0.324 e. The van der Waals surface area contributed by atoms with Gasteiger partial charge in [-0.2, -0.15) is 0 Å². The van der Waals surface area contributed by atoms with Gasteiger partial charge < -0.3 is 10.2 Å². The van der Waals surface area contributed by atoms with Crippen molar-refractivity contribution in [1.82, 2.24) is 15.1 Å². The Hall–Kier alpha value is -1.10. The van der Waals surface area contributed by atoms with Crippen LogP contribution < -0.4 is 5.32 Å². The lowest BCUT2D eigenvalue weighted by Crippen LogP contribution is -2.39. The van der Waals surface area contributed by atoms with Crippen LogP contribution in [0.5, 0.6) is 0 Å². The normalized spacial score (nSPS) is 24.7. The van der Waals surface area contributed by atoms with Crippen molar-refractivity contribution in [3.05, 3.63) is 0 Å². The average molecular weight is 211 g/mol. The van der Waals surface area contributed by atoms with Crippen LogP contribution in [0.4, 0.5) is 4.79 Å². The van der Waals surface area contributed by atoms with E-state index in [9.17, 15) is 9.59 Å². The third-order valence-electron chi connectivity index (χ3n) is 3.22. The van der Waals surface area contributed by atoms with Crippen LogP contribution in [0.15, 0.2) is 0 Å². The van der Waals surface area contributed by atoms with Gasteiger partial charge in [0.1, 0.15) is 0 Å². The first-order valence-electron chi connectivity index (χ1n) is 5.43. The SMILES string of the molecule is CN1CCC(CN2C(=O)CNC2=O)CC1. The molecule has 2 rings (SSSR count). The molecule has 0 aromatic carbocycles. The molecule has 2 fully saturated rings. The van der Waals surface area contributed by atoms with Crippen LogP contribution in [0.1, 0.15) is 12.8 Å². The number of urea groups is 1. The van der Waals surface area contributed by atoms with Gasteiger partial charge in [0.25, 0.3) is 0 Å². The highest BCUT2D eigenvalue weighted by atomic mass is 16.2. The van der Waals surface area contributed by atoms with Crippen LogP contribution >= 0.6 is 0 Å². The molecule has 84 valence electrons. The molecular formula is C10H17N3O2. The van der Waals surface area contributed by atoms with E-state index < -0.39 is 0 Å². The number of carbonyl (C=O) groups excluding carboxylic acids is 2. The second kappa shape index (κ2) is 4.18. The van der Waals surface area contributed by atoms with Crippen molar-refractivity contribution in [2.24, 2.45) is 5.92 Å². The summed E-state index contributed by atoms with van der Waals surface area (Å²) in [5.74, 6) is 0.396. The fraction of sp³-hybridized carbons (Fsp3) is 0.800. The molecule has 15 heavy (non-hydrogen) atoms. The lowest BCUT2D eigenvalue weighted by atomic mass is 9.97. The van der Waals surface area contributed by atoms with E-state index in [0.717, 1.165) is 25.9 Å². The van der Waals surface area contributed by atoms with Crippen molar-refractivity contribution in [2.45, 2.75) is 12.8 Å². The minimum absolute atomic E-state index is 0.0843. The number of carbonyl (C=O) groups is 2. The van der Waals surface area contributed by atoms with Gasteiger partial charge in [0.05, 0.1) is 6.54 Å². The number of nitrogens with zero attached hydrogens (tertiary/aromatic N) is 2. The first-order chi connectivity index (χ1) is 7.16. The average Bonchev–Trinajstić information content (AvgIpc) is 2.53. The highest BCUT2D eigenvalue weighted by Gasteiger charge is 2.31. The summed E-state index contributed by atoms with van der Waals surface area (Å²) in [4.78, 5) is 26.3. The molecule has 2 heterocycles. The molecule has 0 radical (unpaired) electrons. The summed E-state index contributed by atoms with van der Waals surface area (Å²) < 4.78 is 0. The Morgan fingerprint density at radius 3 is 2.53 bits per heavy atom. The Morgan fingerprint density at radius 2 is 2.00 bits per heavy atom. The van der Waals surface area contributed by atoms with Gasteiger partial charge in [0, 0.05) is 6.54 Å². The zero-order chi connectivity index (χ0) is 10.8. The number of amides is 3. The van der Waals surface area contributed by atoms with Gasteiger partial charge in [-0.1, -0.05) is 0 Å². The van der Waals surface area contributed by atoms with Crippen molar-refractivity contribution >= 4 is 11.9 Å². The molecule has 2 aliphatic rings. The van der Waals surface area contributed by atoms with Gasteiger partial charge in [-0.05, 0) is 38.9 Å². The third-order valence-corrected chi connectivity index (χ3v) is 3.22. The van der Waals surface area contributed by atoms with Gasteiger partial charge in [-0.25, -0.2) is 4.79 Å². The summed E-state index contributed by atoms with van der Waals surface area (Å²) in [5, 5.41) is 2.54. The Morgan fingerprint density at radius 1 is 1.33 bits per heavy atom. The van der Waals surface area contributed by atoms with Gasteiger partial charge in [-0.3, -0.25) is 9.69 Å². The molecule has 0 atom stereocenters.